The molecule has 25 heavy (non-hydrogen) atoms. The van der Waals surface area contributed by atoms with Crippen molar-refractivity contribution in [1.29, 1.82) is 0 Å². The van der Waals surface area contributed by atoms with Crippen molar-refractivity contribution in [3.8, 4) is 0 Å². The molecule has 1 heterocycles. The molecule has 0 unspecified atom stereocenters. The van der Waals surface area contributed by atoms with Crippen LogP contribution in [0.1, 0.15) is 33.3 Å². The normalized spacial score (nSPS) is 18.2. The van der Waals surface area contributed by atoms with Crippen LogP contribution in [0.4, 0.5) is 0 Å². The molecule has 4 nitrogen and oxygen atoms in total. The zero-order valence-electron chi connectivity index (χ0n) is 14.9. The quantitative estimate of drug-likeness (QED) is 0.728. The van der Waals surface area contributed by atoms with Gasteiger partial charge in [0.25, 0.3) is 0 Å². The summed E-state index contributed by atoms with van der Waals surface area (Å²) in [6.45, 7) is 7.13. The van der Waals surface area contributed by atoms with E-state index in [1.807, 2.05) is 32.1 Å². The molecule has 0 radical (unpaired) electrons. The summed E-state index contributed by atoms with van der Waals surface area (Å²) >= 11 is 6.15. The predicted molar refractivity (Wildman–Crippen MR) is 100 cm³/mol. The van der Waals surface area contributed by atoms with E-state index in [0.29, 0.717) is 16.9 Å². The third-order valence-corrected chi connectivity index (χ3v) is 5.48. The van der Waals surface area contributed by atoms with Crippen molar-refractivity contribution in [3.05, 3.63) is 58.2 Å². The Hall–Kier alpha value is -1.85. The zero-order chi connectivity index (χ0) is 19.0. The highest BCUT2D eigenvalue weighted by Crippen LogP contribution is 2.41. The molecule has 0 spiro atoms. The summed E-state index contributed by atoms with van der Waals surface area (Å²) in [7, 11) is -3.43. The van der Waals surface area contributed by atoms with Crippen molar-refractivity contribution in [2.75, 3.05) is 6.26 Å². The van der Waals surface area contributed by atoms with Gasteiger partial charge in [0.1, 0.15) is 5.76 Å². The van der Waals surface area contributed by atoms with Gasteiger partial charge in [-0.25, -0.2) is 8.42 Å². The molecule has 0 bridgehead atoms. The van der Waals surface area contributed by atoms with Crippen molar-refractivity contribution < 1.29 is 17.9 Å². The summed E-state index contributed by atoms with van der Waals surface area (Å²) in [5, 5.41) is 0.0978. The van der Waals surface area contributed by atoms with Crippen LogP contribution in [0.3, 0.4) is 0 Å². The molecular formula is C19H21ClO4S. The minimum atomic E-state index is -3.43. The molecule has 0 saturated carbocycles. The SMILES string of the molecule is C/C=C\C(=C/C)C1=C(c2ccc(S(C)(=O)=O)c(Cl)c2)OC(C)(C)C1=O. The maximum Gasteiger partial charge on any atom is 0.210 e. The Morgan fingerprint density at radius 2 is 1.88 bits per heavy atom. The highest BCUT2D eigenvalue weighted by Gasteiger charge is 2.43. The van der Waals surface area contributed by atoms with Crippen LogP contribution in [0, 0.1) is 0 Å². The second kappa shape index (κ2) is 6.81. The Morgan fingerprint density at radius 1 is 1.24 bits per heavy atom. The number of hydrogen-bond donors (Lipinski definition) is 0. The minimum absolute atomic E-state index is 0.0448. The van der Waals surface area contributed by atoms with Gasteiger partial charge in [-0.3, -0.25) is 4.79 Å². The number of carbonyl (C=O) groups excluding carboxylic acids is 1. The number of Topliss-reactive ketones (excluding diaryl/α,β-unsaturated/α-hetero) is 1. The van der Waals surface area contributed by atoms with Crippen LogP contribution in [0.2, 0.25) is 5.02 Å². The van der Waals surface area contributed by atoms with E-state index >= 15 is 0 Å². The van der Waals surface area contributed by atoms with Gasteiger partial charge in [-0.15, -0.1) is 0 Å². The summed E-state index contributed by atoms with van der Waals surface area (Å²) in [4.78, 5) is 12.9. The molecule has 0 atom stereocenters. The number of allylic oxidation sites excluding steroid dienone is 4. The van der Waals surface area contributed by atoms with Gasteiger partial charge < -0.3 is 4.74 Å². The number of benzene rings is 1. The Morgan fingerprint density at radius 3 is 2.36 bits per heavy atom. The largest absolute Gasteiger partial charge is 0.478 e. The number of rotatable bonds is 4. The Bertz CT molecular complexity index is 919. The van der Waals surface area contributed by atoms with Gasteiger partial charge in [-0.1, -0.05) is 29.8 Å². The average Bonchev–Trinajstić information content (AvgIpc) is 2.74. The van der Waals surface area contributed by atoms with Gasteiger partial charge in [0.05, 0.1) is 15.5 Å². The number of ether oxygens (including phenoxy) is 1. The standard InChI is InChI=1S/C19H21ClO4S/c1-6-8-12(7-2)16-17(24-19(3,4)18(16)21)13-9-10-15(14(20)11-13)25(5,22)23/h6-11H,1-5H3/b8-6-,12-7+. The molecular weight excluding hydrogens is 360 g/mol. The second-order valence-corrected chi connectivity index (χ2v) is 8.70. The van der Waals surface area contributed by atoms with Gasteiger partial charge in [-0.2, -0.15) is 0 Å². The summed E-state index contributed by atoms with van der Waals surface area (Å²) in [6.07, 6.45) is 6.62. The van der Waals surface area contributed by atoms with Gasteiger partial charge in [0.15, 0.2) is 15.4 Å². The minimum Gasteiger partial charge on any atom is -0.478 e. The molecule has 1 aromatic carbocycles. The molecule has 0 aromatic heterocycles. The highest BCUT2D eigenvalue weighted by atomic mass is 35.5. The lowest BCUT2D eigenvalue weighted by molar-refractivity contribution is -0.126. The van der Waals surface area contributed by atoms with Gasteiger partial charge in [-0.05, 0) is 51.5 Å². The second-order valence-electron chi connectivity index (χ2n) is 6.31. The van der Waals surface area contributed by atoms with Gasteiger partial charge >= 0.3 is 0 Å². The molecule has 1 aliphatic heterocycles. The maximum atomic E-state index is 12.8. The van der Waals surface area contributed by atoms with Crippen LogP contribution in [-0.4, -0.2) is 26.1 Å². The van der Waals surface area contributed by atoms with E-state index in [4.69, 9.17) is 16.3 Å². The first kappa shape index (κ1) is 19.5. The smallest absolute Gasteiger partial charge is 0.210 e. The Balaban J connectivity index is 2.70. The van der Waals surface area contributed by atoms with Crippen molar-refractivity contribution in [2.45, 2.75) is 38.2 Å². The first-order valence-electron chi connectivity index (χ1n) is 7.80. The van der Waals surface area contributed by atoms with Crippen LogP contribution in [0.25, 0.3) is 5.76 Å². The van der Waals surface area contributed by atoms with Gasteiger partial charge in [0.2, 0.25) is 5.78 Å². The number of carbonyl (C=O) groups is 1. The number of hydrogen-bond acceptors (Lipinski definition) is 4. The van der Waals surface area contributed by atoms with Crippen LogP contribution in [0.5, 0.6) is 0 Å². The summed E-state index contributed by atoms with van der Waals surface area (Å²) in [6, 6.07) is 4.56. The fourth-order valence-electron chi connectivity index (χ4n) is 2.67. The Kier molecular flexibility index (Phi) is 5.30. The maximum absolute atomic E-state index is 12.8. The number of halogens is 1. The van der Waals surface area contributed by atoms with Crippen molar-refractivity contribution in [3.63, 3.8) is 0 Å². The van der Waals surface area contributed by atoms with Crippen LogP contribution in [-0.2, 0) is 19.4 Å². The summed E-state index contributed by atoms with van der Waals surface area (Å²) in [5.41, 5.74) is 0.781. The monoisotopic (exact) mass is 380 g/mol. The van der Waals surface area contributed by atoms with Gasteiger partial charge in [0, 0.05) is 11.8 Å². The first-order valence-corrected chi connectivity index (χ1v) is 10.1. The van der Waals surface area contributed by atoms with E-state index in [0.717, 1.165) is 11.8 Å². The molecule has 0 N–H and O–H groups in total. The van der Waals surface area contributed by atoms with Crippen molar-refractivity contribution in [2.24, 2.45) is 0 Å². The third kappa shape index (κ3) is 3.72. The lowest BCUT2D eigenvalue weighted by atomic mass is 9.92. The van der Waals surface area contributed by atoms with E-state index < -0.39 is 15.4 Å². The topological polar surface area (TPSA) is 60.4 Å². The van der Waals surface area contributed by atoms with Crippen molar-refractivity contribution in [1.82, 2.24) is 0 Å². The molecule has 0 saturated heterocycles. The fourth-order valence-corrected chi connectivity index (χ4v) is 4.00. The lowest BCUT2D eigenvalue weighted by Crippen LogP contribution is -2.29. The predicted octanol–water partition coefficient (Wildman–Crippen LogP) is 4.35. The molecule has 2 rings (SSSR count). The van der Waals surface area contributed by atoms with E-state index in [9.17, 15) is 13.2 Å². The Labute approximate surface area is 153 Å². The summed E-state index contributed by atoms with van der Waals surface area (Å²) in [5.74, 6) is 0.278. The zero-order valence-corrected chi connectivity index (χ0v) is 16.5. The number of sulfone groups is 1. The summed E-state index contributed by atoms with van der Waals surface area (Å²) < 4.78 is 29.4. The molecule has 6 heteroatoms. The number of ketones is 1. The van der Waals surface area contributed by atoms with Crippen LogP contribution >= 0.6 is 11.6 Å². The highest BCUT2D eigenvalue weighted by molar-refractivity contribution is 7.90. The van der Waals surface area contributed by atoms with E-state index in [1.54, 1.807) is 19.9 Å². The van der Waals surface area contributed by atoms with E-state index in [-0.39, 0.29) is 15.7 Å². The lowest BCUT2D eigenvalue weighted by Gasteiger charge is -2.18. The molecule has 0 amide bonds. The molecule has 1 aromatic rings. The van der Waals surface area contributed by atoms with E-state index in [1.165, 1.54) is 12.1 Å². The fraction of sp³-hybridized carbons (Fsp3) is 0.316. The van der Waals surface area contributed by atoms with E-state index in [2.05, 4.69) is 0 Å². The molecule has 1 aliphatic rings. The third-order valence-electron chi connectivity index (χ3n) is 3.90. The molecule has 0 fully saturated rings. The van der Waals surface area contributed by atoms with Crippen molar-refractivity contribution >= 4 is 33.0 Å². The van der Waals surface area contributed by atoms with Crippen LogP contribution in [0.15, 0.2) is 52.5 Å². The van der Waals surface area contributed by atoms with Crippen LogP contribution < -0.4 is 0 Å². The average molecular weight is 381 g/mol. The molecule has 134 valence electrons. The molecule has 0 aliphatic carbocycles. The first-order chi connectivity index (χ1) is 11.5.